The molecule has 0 atom stereocenters. The van der Waals surface area contributed by atoms with Crippen LogP contribution in [0.4, 0.5) is 0 Å². The fourth-order valence-corrected chi connectivity index (χ4v) is 2.24. The lowest BCUT2D eigenvalue weighted by molar-refractivity contribution is -0.137. The number of unbranched alkanes of at least 4 members (excludes halogenated alkanes) is 2. The molecule has 26 heavy (non-hydrogen) atoms. The smallest absolute Gasteiger partial charge is 0.311 e. The average Bonchev–Trinajstić information content (AvgIpc) is 2.66. The molecule has 0 aromatic heterocycles. The van der Waals surface area contributed by atoms with Gasteiger partial charge in [-0.3, -0.25) is 9.59 Å². The highest BCUT2D eigenvalue weighted by atomic mass is 16.5. The summed E-state index contributed by atoms with van der Waals surface area (Å²) in [6, 6.07) is 19.3. The summed E-state index contributed by atoms with van der Waals surface area (Å²) in [5, 5.41) is 8.41. The van der Waals surface area contributed by atoms with Crippen LogP contribution in [-0.4, -0.2) is 17.0 Å². The number of carboxylic acid groups (broad SMARTS) is 1. The molecule has 0 aliphatic rings. The van der Waals surface area contributed by atoms with Gasteiger partial charge in [-0.15, -0.1) is 0 Å². The fraction of sp³-hybridized carbons (Fsp3) is 0.364. The van der Waals surface area contributed by atoms with Crippen molar-refractivity contribution in [1.82, 2.24) is 0 Å². The largest absolute Gasteiger partial charge is 0.481 e. The van der Waals surface area contributed by atoms with Crippen LogP contribution in [0.1, 0.15) is 51.0 Å². The number of hydrogen-bond acceptors (Lipinski definition) is 3. The first-order chi connectivity index (χ1) is 12.6. The number of para-hydroxylation sites is 1. The zero-order valence-electron chi connectivity index (χ0n) is 15.4. The minimum absolute atomic E-state index is 0.145. The lowest BCUT2D eigenvalue weighted by Crippen LogP contribution is -2.06. The Kier molecular flexibility index (Phi) is 11.2. The third-order valence-corrected chi connectivity index (χ3v) is 3.66. The zero-order valence-corrected chi connectivity index (χ0v) is 15.4. The van der Waals surface area contributed by atoms with Crippen LogP contribution in [-0.2, 0) is 16.0 Å². The number of aryl methyl sites for hydroxylation is 1. The van der Waals surface area contributed by atoms with Crippen LogP contribution in [0.2, 0.25) is 0 Å². The SMILES string of the molecule is CCCCC(=O)Oc1ccccc1.O=C(O)CCCCc1ccccc1. The number of carbonyl (C=O) groups excluding carboxylic acids is 1. The lowest BCUT2D eigenvalue weighted by Gasteiger charge is -2.02. The van der Waals surface area contributed by atoms with Crippen molar-refractivity contribution in [2.45, 2.75) is 51.9 Å². The second-order valence-electron chi connectivity index (χ2n) is 5.98. The molecule has 4 heteroatoms. The van der Waals surface area contributed by atoms with Crippen LogP contribution in [0.15, 0.2) is 60.7 Å². The molecule has 0 unspecified atom stereocenters. The quantitative estimate of drug-likeness (QED) is 0.378. The molecule has 0 spiro atoms. The Labute approximate surface area is 155 Å². The highest BCUT2D eigenvalue weighted by Crippen LogP contribution is 2.10. The van der Waals surface area contributed by atoms with Crippen LogP contribution >= 0.6 is 0 Å². The topological polar surface area (TPSA) is 63.6 Å². The van der Waals surface area contributed by atoms with E-state index in [1.807, 2.05) is 36.4 Å². The maximum Gasteiger partial charge on any atom is 0.311 e. The van der Waals surface area contributed by atoms with E-state index in [1.54, 1.807) is 12.1 Å². The normalized spacial score (nSPS) is 9.73. The van der Waals surface area contributed by atoms with E-state index in [1.165, 1.54) is 5.56 Å². The Morgan fingerprint density at radius 1 is 0.846 bits per heavy atom. The molecule has 2 aromatic rings. The van der Waals surface area contributed by atoms with E-state index >= 15 is 0 Å². The summed E-state index contributed by atoms with van der Waals surface area (Å²) in [7, 11) is 0. The number of rotatable bonds is 9. The Morgan fingerprint density at radius 2 is 1.46 bits per heavy atom. The number of carbonyl (C=O) groups is 2. The van der Waals surface area contributed by atoms with Gasteiger partial charge < -0.3 is 9.84 Å². The van der Waals surface area contributed by atoms with Crippen molar-refractivity contribution >= 4 is 11.9 Å². The first-order valence-corrected chi connectivity index (χ1v) is 9.13. The predicted octanol–water partition coefficient (Wildman–Crippen LogP) is 5.27. The van der Waals surface area contributed by atoms with Gasteiger partial charge in [0.25, 0.3) is 0 Å². The van der Waals surface area contributed by atoms with Gasteiger partial charge in [0, 0.05) is 12.8 Å². The average molecular weight is 356 g/mol. The highest BCUT2D eigenvalue weighted by molar-refractivity contribution is 5.72. The van der Waals surface area contributed by atoms with Crippen LogP contribution in [0.25, 0.3) is 0 Å². The Morgan fingerprint density at radius 3 is 2.04 bits per heavy atom. The standard InChI is InChI=1S/2C11H14O2/c1-2-3-9-11(12)13-10-7-5-4-6-8-10;12-11(13)9-5-4-8-10-6-2-1-3-7-10/h4-8H,2-3,9H2,1H3;1-3,6-7H,4-5,8-9H2,(H,12,13). The molecule has 0 fully saturated rings. The van der Waals surface area contributed by atoms with Crippen molar-refractivity contribution in [1.29, 1.82) is 0 Å². The van der Waals surface area contributed by atoms with E-state index < -0.39 is 5.97 Å². The summed E-state index contributed by atoms with van der Waals surface area (Å²) >= 11 is 0. The number of hydrogen-bond donors (Lipinski definition) is 1. The molecule has 0 aliphatic carbocycles. The first kappa shape index (κ1) is 21.4. The maximum atomic E-state index is 11.1. The summed E-state index contributed by atoms with van der Waals surface area (Å²) in [5.74, 6) is -0.218. The van der Waals surface area contributed by atoms with Crippen LogP contribution in [0.5, 0.6) is 5.75 Å². The zero-order chi connectivity index (χ0) is 19.0. The van der Waals surface area contributed by atoms with E-state index in [-0.39, 0.29) is 12.4 Å². The van der Waals surface area contributed by atoms with Crippen LogP contribution in [0.3, 0.4) is 0 Å². The minimum Gasteiger partial charge on any atom is -0.481 e. The molecule has 0 saturated carbocycles. The lowest BCUT2D eigenvalue weighted by atomic mass is 10.1. The molecule has 4 nitrogen and oxygen atoms in total. The van der Waals surface area contributed by atoms with E-state index in [0.717, 1.165) is 32.1 Å². The van der Waals surface area contributed by atoms with Gasteiger partial charge in [0.15, 0.2) is 0 Å². The summed E-state index contributed by atoms with van der Waals surface area (Å²) < 4.78 is 5.08. The van der Waals surface area contributed by atoms with Gasteiger partial charge in [-0.05, 0) is 43.4 Å². The number of carboxylic acids is 1. The molecular weight excluding hydrogens is 328 g/mol. The van der Waals surface area contributed by atoms with E-state index in [2.05, 4.69) is 19.1 Å². The Bertz CT molecular complexity index is 623. The number of ether oxygens (including phenoxy) is 1. The summed E-state index contributed by atoms with van der Waals surface area (Å²) in [4.78, 5) is 21.4. The van der Waals surface area contributed by atoms with Crippen molar-refractivity contribution in [3.8, 4) is 5.75 Å². The molecular formula is C22H28O4. The Hall–Kier alpha value is -2.62. The van der Waals surface area contributed by atoms with Crippen molar-refractivity contribution in [2.24, 2.45) is 0 Å². The van der Waals surface area contributed by atoms with Crippen molar-refractivity contribution in [3.63, 3.8) is 0 Å². The molecule has 140 valence electrons. The van der Waals surface area contributed by atoms with Crippen molar-refractivity contribution in [2.75, 3.05) is 0 Å². The molecule has 2 aromatic carbocycles. The third kappa shape index (κ3) is 11.0. The summed E-state index contributed by atoms with van der Waals surface area (Å²) in [6.45, 7) is 2.05. The summed E-state index contributed by atoms with van der Waals surface area (Å²) in [5.41, 5.74) is 1.29. The fourth-order valence-electron chi connectivity index (χ4n) is 2.24. The minimum atomic E-state index is -0.701. The second kappa shape index (κ2) is 13.6. The maximum absolute atomic E-state index is 11.1. The van der Waals surface area contributed by atoms with Crippen LogP contribution in [0, 0.1) is 0 Å². The first-order valence-electron chi connectivity index (χ1n) is 9.13. The van der Waals surface area contributed by atoms with E-state index in [0.29, 0.717) is 12.2 Å². The molecule has 0 saturated heterocycles. The molecule has 0 radical (unpaired) electrons. The van der Waals surface area contributed by atoms with Gasteiger partial charge in [0.1, 0.15) is 5.75 Å². The Balaban J connectivity index is 0.000000260. The monoisotopic (exact) mass is 356 g/mol. The number of benzene rings is 2. The third-order valence-electron chi connectivity index (χ3n) is 3.66. The van der Waals surface area contributed by atoms with Gasteiger partial charge in [0.05, 0.1) is 0 Å². The van der Waals surface area contributed by atoms with Gasteiger partial charge in [0.2, 0.25) is 0 Å². The molecule has 0 aliphatic heterocycles. The molecule has 0 heterocycles. The van der Waals surface area contributed by atoms with Gasteiger partial charge in [-0.1, -0.05) is 61.9 Å². The van der Waals surface area contributed by atoms with Crippen LogP contribution < -0.4 is 4.74 Å². The van der Waals surface area contributed by atoms with Gasteiger partial charge in [-0.2, -0.15) is 0 Å². The van der Waals surface area contributed by atoms with Crippen molar-refractivity contribution < 1.29 is 19.4 Å². The van der Waals surface area contributed by atoms with Gasteiger partial charge in [-0.25, -0.2) is 0 Å². The molecule has 2 rings (SSSR count). The van der Waals surface area contributed by atoms with Crippen molar-refractivity contribution in [3.05, 3.63) is 66.2 Å². The second-order valence-corrected chi connectivity index (χ2v) is 5.98. The van der Waals surface area contributed by atoms with E-state index in [9.17, 15) is 9.59 Å². The predicted molar refractivity (Wildman–Crippen MR) is 103 cm³/mol. The molecule has 0 bridgehead atoms. The number of aliphatic carboxylic acids is 1. The number of esters is 1. The van der Waals surface area contributed by atoms with E-state index in [4.69, 9.17) is 9.84 Å². The highest BCUT2D eigenvalue weighted by Gasteiger charge is 2.02. The summed E-state index contributed by atoms with van der Waals surface area (Å²) in [6.07, 6.45) is 5.41. The van der Waals surface area contributed by atoms with Gasteiger partial charge >= 0.3 is 11.9 Å². The molecule has 0 amide bonds. The molecule has 1 N–H and O–H groups in total.